The van der Waals surface area contributed by atoms with Crippen molar-refractivity contribution in [3.05, 3.63) is 52.9 Å². The maximum atomic E-state index is 5.61. The molecule has 0 bridgehead atoms. The normalized spacial score (nSPS) is 19.5. The van der Waals surface area contributed by atoms with E-state index in [1.165, 1.54) is 24.0 Å². The molecule has 2 heterocycles. The molecule has 0 spiro atoms. The fourth-order valence-corrected chi connectivity index (χ4v) is 3.00. The lowest BCUT2D eigenvalue weighted by Gasteiger charge is -2.22. The van der Waals surface area contributed by atoms with Crippen LogP contribution in [0.1, 0.15) is 61.2 Å². The van der Waals surface area contributed by atoms with Crippen LogP contribution in [0.25, 0.3) is 0 Å². The molecule has 0 aliphatic carbocycles. The predicted octanol–water partition coefficient (Wildman–Crippen LogP) is 4.44. The van der Waals surface area contributed by atoms with Crippen molar-refractivity contribution in [1.29, 1.82) is 0 Å². The van der Waals surface area contributed by atoms with Crippen LogP contribution in [-0.4, -0.2) is 16.6 Å². The molecule has 1 atom stereocenters. The largest absolute Gasteiger partial charge is 0.359 e. The van der Waals surface area contributed by atoms with Crippen LogP contribution in [0.3, 0.4) is 0 Å². The van der Waals surface area contributed by atoms with E-state index in [1.54, 1.807) is 0 Å². The van der Waals surface area contributed by atoms with Crippen LogP contribution >= 0.6 is 0 Å². The molecule has 1 aromatic carbocycles. The van der Waals surface area contributed by atoms with Crippen molar-refractivity contribution in [2.75, 3.05) is 6.54 Å². The minimum atomic E-state index is 0.381. The summed E-state index contributed by atoms with van der Waals surface area (Å²) in [6.45, 7) is 8.56. The molecular weight excluding hydrogens is 260 g/mol. The van der Waals surface area contributed by atoms with Gasteiger partial charge in [-0.1, -0.05) is 48.8 Å². The maximum absolute atomic E-state index is 5.61. The highest BCUT2D eigenvalue weighted by atomic mass is 16.5. The van der Waals surface area contributed by atoms with Gasteiger partial charge in [0.25, 0.3) is 0 Å². The Morgan fingerprint density at radius 2 is 2.05 bits per heavy atom. The lowest BCUT2D eigenvalue weighted by molar-refractivity contribution is 0.206. The van der Waals surface area contributed by atoms with Gasteiger partial charge in [0.2, 0.25) is 0 Å². The van der Waals surface area contributed by atoms with Crippen molar-refractivity contribution in [2.45, 2.75) is 52.1 Å². The van der Waals surface area contributed by atoms with Crippen molar-refractivity contribution in [3.63, 3.8) is 0 Å². The Morgan fingerprint density at radius 3 is 2.71 bits per heavy atom. The standard InChI is InChI=1S/C18H24N2O/c1-13(2)16-11-18(21-19-16)17-5-4-10-20(17)12-15-8-6-14(3)7-9-15/h6-9,11,13,17H,4-5,10,12H2,1-3H3/t17-/m1/s1. The van der Waals surface area contributed by atoms with Crippen LogP contribution in [0.5, 0.6) is 0 Å². The van der Waals surface area contributed by atoms with Gasteiger partial charge in [-0.2, -0.15) is 0 Å². The van der Waals surface area contributed by atoms with Crippen LogP contribution in [0.15, 0.2) is 34.9 Å². The molecule has 1 aliphatic rings. The van der Waals surface area contributed by atoms with E-state index < -0.39 is 0 Å². The zero-order valence-electron chi connectivity index (χ0n) is 13.2. The third-order valence-electron chi connectivity index (χ3n) is 4.34. The van der Waals surface area contributed by atoms with Gasteiger partial charge in [-0.05, 0) is 37.8 Å². The Labute approximate surface area is 126 Å². The summed E-state index contributed by atoms with van der Waals surface area (Å²) >= 11 is 0. The number of hydrogen-bond donors (Lipinski definition) is 0. The summed E-state index contributed by atoms with van der Waals surface area (Å²) in [5.41, 5.74) is 3.75. The van der Waals surface area contributed by atoms with E-state index in [9.17, 15) is 0 Å². The summed E-state index contributed by atoms with van der Waals surface area (Å²) in [7, 11) is 0. The number of likely N-dealkylation sites (tertiary alicyclic amines) is 1. The molecule has 1 fully saturated rings. The van der Waals surface area contributed by atoms with E-state index in [0.717, 1.165) is 24.5 Å². The summed E-state index contributed by atoms with van der Waals surface area (Å²) in [5.74, 6) is 1.46. The smallest absolute Gasteiger partial charge is 0.154 e. The number of benzene rings is 1. The zero-order valence-corrected chi connectivity index (χ0v) is 13.2. The molecule has 21 heavy (non-hydrogen) atoms. The predicted molar refractivity (Wildman–Crippen MR) is 84.2 cm³/mol. The first-order valence-electron chi connectivity index (χ1n) is 7.89. The maximum Gasteiger partial charge on any atom is 0.154 e. The quantitative estimate of drug-likeness (QED) is 0.831. The molecule has 1 saturated heterocycles. The second kappa shape index (κ2) is 6.02. The fourth-order valence-electron chi connectivity index (χ4n) is 3.00. The van der Waals surface area contributed by atoms with Gasteiger partial charge in [-0.15, -0.1) is 0 Å². The Kier molecular flexibility index (Phi) is 4.11. The summed E-state index contributed by atoms with van der Waals surface area (Å²) < 4.78 is 5.61. The Hall–Kier alpha value is -1.61. The number of aryl methyl sites for hydroxylation is 1. The Morgan fingerprint density at radius 1 is 1.29 bits per heavy atom. The highest BCUT2D eigenvalue weighted by Gasteiger charge is 2.29. The molecule has 0 radical (unpaired) electrons. The number of aromatic nitrogens is 1. The highest BCUT2D eigenvalue weighted by Crippen LogP contribution is 2.34. The molecule has 3 rings (SSSR count). The summed E-state index contributed by atoms with van der Waals surface area (Å²) in [6, 6.07) is 11.3. The van der Waals surface area contributed by atoms with E-state index in [-0.39, 0.29) is 0 Å². The second-order valence-electron chi connectivity index (χ2n) is 6.42. The average molecular weight is 284 g/mol. The van der Waals surface area contributed by atoms with Gasteiger partial charge in [0.1, 0.15) is 0 Å². The molecule has 2 aromatic rings. The van der Waals surface area contributed by atoms with Crippen molar-refractivity contribution in [1.82, 2.24) is 10.1 Å². The molecule has 0 unspecified atom stereocenters. The van der Waals surface area contributed by atoms with Crippen LogP contribution in [-0.2, 0) is 6.54 Å². The molecule has 0 amide bonds. The Balaban J connectivity index is 1.74. The molecular formula is C18H24N2O. The van der Waals surface area contributed by atoms with E-state index in [0.29, 0.717) is 12.0 Å². The van der Waals surface area contributed by atoms with E-state index >= 15 is 0 Å². The lowest BCUT2D eigenvalue weighted by Crippen LogP contribution is -2.22. The molecule has 3 heteroatoms. The van der Waals surface area contributed by atoms with Crippen molar-refractivity contribution < 1.29 is 4.52 Å². The van der Waals surface area contributed by atoms with Crippen molar-refractivity contribution in [2.24, 2.45) is 0 Å². The van der Waals surface area contributed by atoms with Crippen LogP contribution in [0.4, 0.5) is 0 Å². The van der Waals surface area contributed by atoms with Crippen molar-refractivity contribution >= 4 is 0 Å². The van der Waals surface area contributed by atoms with E-state index in [4.69, 9.17) is 4.52 Å². The minimum Gasteiger partial charge on any atom is -0.359 e. The third-order valence-corrected chi connectivity index (χ3v) is 4.34. The second-order valence-corrected chi connectivity index (χ2v) is 6.42. The van der Waals surface area contributed by atoms with Gasteiger partial charge < -0.3 is 4.52 Å². The molecule has 112 valence electrons. The van der Waals surface area contributed by atoms with Gasteiger partial charge in [-0.25, -0.2) is 0 Å². The molecule has 1 aromatic heterocycles. The molecule has 3 nitrogen and oxygen atoms in total. The van der Waals surface area contributed by atoms with Gasteiger partial charge in [0.05, 0.1) is 11.7 Å². The first kappa shape index (κ1) is 14.3. The SMILES string of the molecule is Cc1ccc(CN2CCC[C@@H]2c2cc(C(C)C)no2)cc1. The summed E-state index contributed by atoms with van der Waals surface area (Å²) in [6.07, 6.45) is 2.40. The first-order chi connectivity index (χ1) is 10.1. The molecule has 0 N–H and O–H groups in total. The first-order valence-corrected chi connectivity index (χ1v) is 7.89. The minimum absolute atomic E-state index is 0.381. The van der Waals surface area contributed by atoms with Gasteiger partial charge in [0, 0.05) is 12.6 Å². The van der Waals surface area contributed by atoms with Gasteiger partial charge in [0.15, 0.2) is 5.76 Å². The monoisotopic (exact) mass is 284 g/mol. The van der Waals surface area contributed by atoms with Crippen LogP contribution in [0, 0.1) is 6.92 Å². The highest BCUT2D eigenvalue weighted by molar-refractivity contribution is 5.22. The van der Waals surface area contributed by atoms with Crippen LogP contribution < -0.4 is 0 Å². The number of rotatable bonds is 4. The number of nitrogens with zero attached hydrogens (tertiary/aromatic N) is 2. The zero-order chi connectivity index (χ0) is 14.8. The fraction of sp³-hybridized carbons (Fsp3) is 0.500. The van der Waals surface area contributed by atoms with E-state index in [1.807, 2.05) is 0 Å². The van der Waals surface area contributed by atoms with E-state index in [2.05, 4.69) is 61.2 Å². The third kappa shape index (κ3) is 3.18. The van der Waals surface area contributed by atoms with Gasteiger partial charge >= 0.3 is 0 Å². The van der Waals surface area contributed by atoms with Crippen molar-refractivity contribution in [3.8, 4) is 0 Å². The number of hydrogen-bond acceptors (Lipinski definition) is 3. The Bertz CT molecular complexity index is 586. The average Bonchev–Trinajstić information content (AvgIpc) is 3.09. The van der Waals surface area contributed by atoms with Gasteiger partial charge in [-0.3, -0.25) is 4.90 Å². The topological polar surface area (TPSA) is 29.3 Å². The summed E-state index contributed by atoms with van der Waals surface area (Å²) in [5, 5.41) is 4.21. The molecule has 0 saturated carbocycles. The molecule has 1 aliphatic heterocycles. The lowest BCUT2D eigenvalue weighted by atomic mass is 10.1. The van der Waals surface area contributed by atoms with Crippen LogP contribution in [0.2, 0.25) is 0 Å². The summed E-state index contributed by atoms with van der Waals surface area (Å²) in [4.78, 5) is 2.51.